The summed E-state index contributed by atoms with van der Waals surface area (Å²) in [4.78, 5) is 16.0. The van der Waals surface area contributed by atoms with Crippen LogP contribution in [0.1, 0.15) is 16.1 Å². The molecular weight excluding hydrogens is 268 g/mol. The zero-order chi connectivity index (χ0) is 14.5. The Morgan fingerprint density at radius 1 is 1.32 bits per heavy atom. The fraction of sp³-hybridized carbons (Fsp3) is 0.455. The molecule has 0 unspecified atom stereocenters. The minimum atomic E-state index is -3.23. The Balaban J connectivity index is 2.56. The number of carbonyl (C=O) groups is 1. The van der Waals surface area contributed by atoms with Crippen molar-refractivity contribution >= 4 is 21.7 Å². The van der Waals surface area contributed by atoms with Gasteiger partial charge in [0, 0.05) is 31.4 Å². The molecule has 0 atom stereocenters. The first-order valence-corrected chi connectivity index (χ1v) is 7.60. The summed E-state index contributed by atoms with van der Waals surface area (Å²) in [5.74, 6) is 0.344. The third-order valence-corrected chi connectivity index (χ3v) is 2.98. The lowest BCUT2D eigenvalue weighted by Gasteiger charge is -2.08. The first-order chi connectivity index (χ1) is 8.81. The first kappa shape index (κ1) is 15.4. The molecule has 0 saturated carbocycles. The topological polar surface area (TPSA) is 100 Å². The van der Waals surface area contributed by atoms with E-state index in [1.54, 1.807) is 26.1 Å². The van der Waals surface area contributed by atoms with E-state index in [0.717, 1.165) is 11.9 Å². The Morgan fingerprint density at radius 2 is 2.00 bits per heavy atom. The largest absolute Gasteiger partial charge is 0.373 e. The molecule has 0 fully saturated rings. The van der Waals surface area contributed by atoms with Gasteiger partial charge in [-0.2, -0.15) is 0 Å². The van der Waals surface area contributed by atoms with Crippen LogP contribution in [-0.2, 0) is 10.0 Å². The Kier molecular flexibility index (Phi) is 5.25. The van der Waals surface area contributed by atoms with Crippen LogP contribution in [0.2, 0.25) is 0 Å². The molecule has 1 amide bonds. The second kappa shape index (κ2) is 6.48. The van der Waals surface area contributed by atoms with Crippen molar-refractivity contribution in [2.45, 2.75) is 6.92 Å². The van der Waals surface area contributed by atoms with Crippen molar-refractivity contribution in [3.63, 3.8) is 0 Å². The van der Waals surface area contributed by atoms with Gasteiger partial charge < -0.3 is 10.6 Å². The molecule has 0 aromatic carbocycles. The standard InChI is InChI=1S/C11H18N4O3S/c1-8-6-9(7-10(12-2)15-8)11(16)13-4-5-14-19(3,17)18/h6-7,14H,4-5H2,1-3H3,(H,12,15)(H,13,16). The Bertz CT molecular complexity index is 557. The molecule has 1 aromatic heterocycles. The van der Waals surface area contributed by atoms with Gasteiger partial charge in [0.25, 0.3) is 5.91 Å². The van der Waals surface area contributed by atoms with Crippen LogP contribution in [-0.4, -0.2) is 45.7 Å². The third kappa shape index (κ3) is 5.66. The van der Waals surface area contributed by atoms with E-state index < -0.39 is 10.0 Å². The Labute approximate surface area is 112 Å². The van der Waals surface area contributed by atoms with E-state index in [4.69, 9.17) is 0 Å². The molecule has 0 spiro atoms. The lowest BCUT2D eigenvalue weighted by molar-refractivity contribution is 0.0954. The molecule has 7 nitrogen and oxygen atoms in total. The van der Waals surface area contributed by atoms with Crippen LogP contribution in [0.15, 0.2) is 12.1 Å². The van der Waals surface area contributed by atoms with Gasteiger partial charge in [-0.1, -0.05) is 0 Å². The summed E-state index contributed by atoms with van der Waals surface area (Å²) in [6, 6.07) is 3.30. The van der Waals surface area contributed by atoms with Crippen molar-refractivity contribution < 1.29 is 13.2 Å². The van der Waals surface area contributed by atoms with E-state index in [0.29, 0.717) is 11.4 Å². The molecule has 106 valence electrons. The number of aryl methyl sites for hydroxylation is 1. The van der Waals surface area contributed by atoms with Crippen LogP contribution >= 0.6 is 0 Å². The molecular formula is C11H18N4O3S. The van der Waals surface area contributed by atoms with E-state index in [1.807, 2.05) is 0 Å². The summed E-state index contributed by atoms with van der Waals surface area (Å²) in [7, 11) is -1.50. The summed E-state index contributed by atoms with van der Waals surface area (Å²) in [5.41, 5.74) is 1.21. The Hall–Kier alpha value is -1.67. The van der Waals surface area contributed by atoms with Crippen molar-refractivity contribution in [1.82, 2.24) is 15.0 Å². The molecule has 0 saturated heterocycles. The molecule has 3 N–H and O–H groups in total. The smallest absolute Gasteiger partial charge is 0.251 e. The van der Waals surface area contributed by atoms with Gasteiger partial charge in [0.1, 0.15) is 5.82 Å². The van der Waals surface area contributed by atoms with Gasteiger partial charge in [-0.15, -0.1) is 0 Å². The maximum absolute atomic E-state index is 11.8. The summed E-state index contributed by atoms with van der Waals surface area (Å²) < 4.78 is 24.0. The number of carbonyl (C=O) groups excluding carboxylic acids is 1. The molecule has 0 aliphatic carbocycles. The first-order valence-electron chi connectivity index (χ1n) is 5.71. The zero-order valence-electron chi connectivity index (χ0n) is 11.1. The van der Waals surface area contributed by atoms with Crippen LogP contribution in [0.3, 0.4) is 0 Å². The highest BCUT2D eigenvalue weighted by molar-refractivity contribution is 7.88. The molecule has 0 aliphatic heterocycles. The summed E-state index contributed by atoms with van der Waals surface area (Å²) in [6.45, 7) is 2.18. The van der Waals surface area contributed by atoms with Crippen molar-refractivity contribution in [3.05, 3.63) is 23.4 Å². The number of nitrogens with zero attached hydrogens (tertiary/aromatic N) is 1. The number of hydrogen-bond acceptors (Lipinski definition) is 5. The zero-order valence-corrected chi connectivity index (χ0v) is 12.0. The average molecular weight is 286 g/mol. The number of pyridine rings is 1. The highest BCUT2D eigenvalue weighted by Crippen LogP contribution is 2.09. The summed E-state index contributed by atoms with van der Waals surface area (Å²) >= 11 is 0. The number of sulfonamides is 1. The van der Waals surface area contributed by atoms with Crippen LogP contribution in [0.5, 0.6) is 0 Å². The number of anilines is 1. The van der Waals surface area contributed by atoms with Gasteiger partial charge >= 0.3 is 0 Å². The lowest BCUT2D eigenvalue weighted by Crippen LogP contribution is -2.34. The SMILES string of the molecule is CNc1cc(C(=O)NCCNS(C)(=O)=O)cc(C)n1. The van der Waals surface area contributed by atoms with Crippen LogP contribution in [0.4, 0.5) is 5.82 Å². The Morgan fingerprint density at radius 3 is 2.58 bits per heavy atom. The van der Waals surface area contributed by atoms with E-state index in [9.17, 15) is 13.2 Å². The van der Waals surface area contributed by atoms with E-state index in [1.165, 1.54) is 0 Å². The molecule has 0 radical (unpaired) electrons. The monoisotopic (exact) mass is 286 g/mol. The number of nitrogens with one attached hydrogen (secondary N) is 3. The van der Waals surface area contributed by atoms with Crippen molar-refractivity contribution in [2.75, 3.05) is 31.7 Å². The van der Waals surface area contributed by atoms with Gasteiger partial charge in [-0.3, -0.25) is 4.79 Å². The predicted molar refractivity (Wildman–Crippen MR) is 73.7 cm³/mol. The summed E-state index contributed by atoms with van der Waals surface area (Å²) in [6.07, 6.45) is 1.07. The summed E-state index contributed by atoms with van der Waals surface area (Å²) in [5, 5.41) is 5.50. The van der Waals surface area contributed by atoms with Crippen molar-refractivity contribution in [2.24, 2.45) is 0 Å². The van der Waals surface area contributed by atoms with Gasteiger partial charge in [-0.05, 0) is 19.1 Å². The second-order valence-electron chi connectivity index (χ2n) is 4.05. The number of rotatable bonds is 6. The van der Waals surface area contributed by atoms with Crippen LogP contribution < -0.4 is 15.4 Å². The van der Waals surface area contributed by atoms with Crippen molar-refractivity contribution in [1.29, 1.82) is 0 Å². The molecule has 0 aliphatic rings. The number of hydrogen-bond donors (Lipinski definition) is 3. The maximum Gasteiger partial charge on any atom is 0.251 e. The number of aromatic nitrogens is 1. The van der Waals surface area contributed by atoms with Crippen LogP contribution in [0, 0.1) is 6.92 Å². The predicted octanol–water partition coefficient (Wildman–Crippen LogP) is -0.289. The highest BCUT2D eigenvalue weighted by atomic mass is 32.2. The van der Waals surface area contributed by atoms with Gasteiger partial charge in [-0.25, -0.2) is 18.1 Å². The van der Waals surface area contributed by atoms with Gasteiger partial charge in [0.15, 0.2) is 0 Å². The molecule has 8 heteroatoms. The van der Waals surface area contributed by atoms with Gasteiger partial charge in [0.2, 0.25) is 10.0 Å². The van der Waals surface area contributed by atoms with Crippen molar-refractivity contribution in [3.8, 4) is 0 Å². The normalized spacial score (nSPS) is 11.1. The average Bonchev–Trinajstić information content (AvgIpc) is 2.32. The van der Waals surface area contributed by atoms with Gasteiger partial charge in [0.05, 0.1) is 6.26 Å². The maximum atomic E-state index is 11.8. The molecule has 1 rings (SSSR count). The minimum Gasteiger partial charge on any atom is -0.373 e. The second-order valence-corrected chi connectivity index (χ2v) is 5.89. The highest BCUT2D eigenvalue weighted by Gasteiger charge is 2.08. The number of amides is 1. The third-order valence-electron chi connectivity index (χ3n) is 2.25. The fourth-order valence-corrected chi connectivity index (χ4v) is 1.92. The lowest BCUT2D eigenvalue weighted by atomic mass is 10.2. The van der Waals surface area contributed by atoms with E-state index in [-0.39, 0.29) is 19.0 Å². The molecule has 1 heterocycles. The van der Waals surface area contributed by atoms with E-state index >= 15 is 0 Å². The van der Waals surface area contributed by atoms with E-state index in [2.05, 4.69) is 20.3 Å². The quantitative estimate of drug-likeness (QED) is 0.624. The molecule has 19 heavy (non-hydrogen) atoms. The minimum absolute atomic E-state index is 0.160. The fourth-order valence-electron chi connectivity index (χ4n) is 1.44. The molecule has 0 bridgehead atoms. The van der Waals surface area contributed by atoms with Crippen LogP contribution in [0.25, 0.3) is 0 Å². The molecule has 1 aromatic rings.